The summed E-state index contributed by atoms with van der Waals surface area (Å²) in [5.74, 6) is -1.02. The van der Waals surface area contributed by atoms with Crippen LogP contribution in [0.2, 0.25) is 0 Å². The van der Waals surface area contributed by atoms with Crippen LogP contribution in [0.3, 0.4) is 0 Å². The van der Waals surface area contributed by atoms with Crippen molar-refractivity contribution in [2.24, 2.45) is 0 Å². The van der Waals surface area contributed by atoms with Crippen molar-refractivity contribution < 1.29 is 14.7 Å². The molecule has 7 nitrogen and oxygen atoms in total. The molecule has 2 N–H and O–H groups in total. The van der Waals surface area contributed by atoms with Crippen molar-refractivity contribution in [3.05, 3.63) is 35.3 Å². The molecule has 3 heterocycles. The number of aromatic nitrogens is 3. The van der Waals surface area contributed by atoms with Gasteiger partial charge in [0.25, 0.3) is 5.91 Å². The predicted molar refractivity (Wildman–Crippen MR) is 105 cm³/mol. The van der Waals surface area contributed by atoms with E-state index in [9.17, 15) is 9.59 Å². The number of unbranched alkanes of at least 4 members (excludes halogenated alkanes) is 1. The average molecular weight is 386 g/mol. The van der Waals surface area contributed by atoms with Gasteiger partial charge in [0.1, 0.15) is 0 Å². The van der Waals surface area contributed by atoms with Gasteiger partial charge >= 0.3 is 5.97 Å². The Hall–Kier alpha value is -2.74. The van der Waals surface area contributed by atoms with Gasteiger partial charge in [0.2, 0.25) is 0 Å². The number of carboxylic acids is 1. The molecule has 0 aliphatic heterocycles. The van der Waals surface area contributed by atoms with Crippen LogP contribution in [0.1, 0.15) is 49.5 Å². The summed E-state index contributed by atoms with van der Waals surface area (Å²) in [6.07, 6.45) is 2.95. The number of fused-ring (bicyclic) bond motifs is 1. The summed E-state index contributed by atoms with van der Waals surface area (Å²) in [6, 6.07) is 5.85. The lowest BCUT2D eigenvalue weighted by atomic mass is 10.1. The molecule has 27 heavy (non-hydrogen) atoms. The molecule has 0 fully saturated rings. The van der Waals surface area contributed by atoms with E-state index in [1.54, 1.807) is 23.6 Å². The third-order valence-corrected chi connectivity index (χ3v) is 5.07. The molecule has 3 aromatic heterocycles. The topological polar surface area (TPSA) is 97.1 Å². The smallest absolute Gasteiger partial charge is 0.303 e. The Labute approximate surface area is 161 Å². The molecule has 0 saturated heterocycles. The largest absolute Gasteiger partial charge is 0.481 e. The summed E-state index contributed by atoms with van der Waals surface area (Å²) in [5, 5.41) is 18.7. The van der Waals surface area contributed by atoms with Crippen LogP contribution in [0.4, 0.5) is 0 Å². The highest BCUT2D eigenvalue weighted by Crippen LogP contribution is 2.28. The van der Waals surface area contributed by atoms with Crippen molar-refractivity contribution in [2.45, 2.75) is 39.2 Å². The Bertz CT molecular complexity index is 947. The SMILES string of the molecule is CC(C)n1ncc2c(C(=O)NCCCCC(=O)O)cc(-c3cccs3)nc21. The van der Waals surface area contributed by atoms with Gasteiger partial charge in [-0.05, 0) is 44.2 Å². The first-order valence-corrected chi connectivity index (χ1v) is 9.77. The van der Waals surface area contributed by atoms with Crippen molar-refractivity contribution in [1.82, 2.24) is 20.1 Å². The molecule has 1 amide bonds. The number of carboxylic acid groups (broad SMARTS) is 1. The van der Waals surface area contributed by atoms with Crippen molar-refractivity contribution in [3.63, 3.8) is 0 Å². The summed E-state index contributed by atoms with van der Waals surface area (Å²) in [6.45, 7) is 4.48. The number of nitrogens with zero attached hydrogens (tertiary/aromatic N) is 3. The Morgan fingerprint density at radius 2 is 2.15 bits per heavy atom. The average Bonchev–Trinajstić information content (AvgIpc) is 3.29. The molecule has 8 heteroatoms. The second-order valence-corrected chi connectivity index (χ2v) is 7.51. The fourth-order valence-corrected chi connectivity index (χ4v) is 3.52. The van der Waals surface area contributed by atoms with Gasteiger partial charge in [-0.25, -0.2) is 9.67 Å². The van der Waals surface area contributed by atoms with Crippen LogP contribution in [0.25, 0.3) is 21.6 Å². The second kappa shape index (κ2) is 8.30. The minimum absolute atomic E-state index is 0.110. The Morgan fingerprint density at radius 3 is 2.81 bits per heavy atom. The van der Waals surface area contributed by atoms with E-state index in [2.05, 4.69) is 10.4 Å². The maximum Gasteiger partial charge on any atom is 0.303 e. The highest BCUT2D eigenvalue weighted by Gasteiger charge is 2.18. The highest BCUT2D eigenvalue weighted by molar-refractivity contribution is 7.13. The molecule has 0 saturated carbocycles. The normalized spacial score (nSPS) is 11.2. The van der Waals surface area contributed by atoms with Gasteiger partial charge in [-0.2, -0.15) is 5.10 Å². The monoisotopic (exact) mass is 386 g/mol. The Balaban J connectivity index is 1.89. The number of nitrogens with one attached hydrogen (secondary N) is 1. The van der Waals surface area contributed by atoms with Crippen LogP contribution in [0, 0.1) is 0 Å². The minimum atomic E-state index is -0.821. The lowest BCUT2D eigenvalue weighted by Crippen LogP contribution is -2.25. The van der Waals surface area contributed by atoms with E-state index in [4.69, 9.17) is 10.1 Å². The number of hydrogen-bond donors (Lipinski definition) is 2. The molecule has 3 rings (SSSR count). The molecule has 0 radical (unpaired) electrons. The molecule has 0 aliphatic rings. The summed E-state index contributed by atoms with van der Waals surface area (Å²) < 4.78 is 1.82. The van der Waals surface area contributed by atoms with Gasteiger partial charge < -0.3 is 10.4 Å². The number of thiophene rings is 1. The quantitative estimate of drug-likeness (QED) is 0.575. The zero-order valence-electron chi connectivity index (χ0n) is 15.3. The molecule has 3 aromatic rings. The van der Waals surface area contributed by atoms with E-state index in [1.165, 1.54) is 0 Å². The van der Waals surface area contributed by atoms with Gasteiger partial charge in [0.15, 0.2) is 5.65 Å². The van der Waals surface area contributed by atoms with Gasteiger partial charge in [-0.15, -0.1) is 11.3 Å². The molecular formula is C19H22N4O3S. The van der Waals surface area contributed by atoms with Gasteiger partial charge in [0.05, 0.1) is 27.7 Å². The third-order valence-electron chi connectivity index (χ3n) is 4.18. The molecule has 0 aliphatic carbocycles. The molecule has 0 unspecified atom stereocenters. The first-order chi connectivity index (χ1) is 13.0. The molecule has 0 bridgehead atoms. The van der Waals surface area contributed by atoms with E-state index in [0.717, 1.165) is 10.6 Å². The molecule has 0 aromatic carbocycles. The fraction of sp³-hybridized carbons (Fsp3) is 0.368. The zero-order chi connectivity index (χ0) is 19.4. The van der Waals surface area contributed by atoms with Crippen LogP contribution in [-0.4, -0.2) is 38.3 Å². The van der Waals surface area contributed by atoms with E-state index < -0.39 is 5.97 Å². The van der Waals surface area contributed by atoms with Crippen LogP contribution in [0.5, 0.6) is 0 Å². The van der Waals surface area contributed by atoms with Crippen LogP contribution in [-0.2, 0) is 4.79 Å². The predicted octanol–water partition coefficient (Wildman–Crippen LogP) is 3.73. The van der Waals surface area contributed by atoms with Gasteiger partial charge in [-0.1, -0.05) is 6.07 Å². The number of amides is 1. The lowest BCUT2D eigenvalue weighted by Gasteiger charge is -2.10. The van der Waals surface area contributed by atoms with E-state index in [0.29, 0.717) is 36.0 Å². The van der Waals surface area contributed by atoms with E-state index in [-0.39, 0.29) is 18.4 Å². The Kier molecular flexibility index (Phi) is 5.85. The lowest BCUT2D eigenvalue weighted by molar-refractivity contribution is -0.137. The first-order valence-electron chi connectivity index (χ1n) is 8.89. The number of hydrogen-bond acceptors (Lipinski definition) is 5. The summed E-state index contributed by atoms with van der Waals surface area (Å²) in [5.41, 5.74) is 1.97. The van der Waals surface area contributed by atoms with Crippen molar-refractivity contribution >= 4 is 34.2 Å². The van der Waals surface area contributed by atoms with Crippen LogP contribution >= 0.6 is 11.3 Å². The van der Waals surface area contributed by atoms with Crippen LogP contribution < -0.4 is 5.32 Å². The first kappa shape index (κ1) is 19.0. The molecular weight excluding hydrogens is 364 g/mol. The second-order valence-electron chi connectivity index (χ2n) is 6.56. The molecule has 0 atom stereocenters. The van der Waals surface area contributed by atoms with Crippen molar-refractivity contribution in [1.29, 1.82) is 0 Å². The number of aliphatic carboxylic acids is 1. The van der Waals surface area contributed by atoms with Crippen molar-refractivity contribution in [3.8, 4) is 10.6 Å². The van der Waals surface area contributed by atoms with Gasteiger partial charge in [0, 0.05) is 19.0 Å². The third kappa shape index (κ3) is 4.33. The van der Waals surface area contributed by atoms with Crippen molar-refractivity contribution in [2.75, 3.05) is 6.54 Å². The summed E-state index contributed by atoms with van der Waals surface area (Å²) in [4.78, 5) is 29.1. The highest BCUT2D eigenvalue weighted by atomic mass is 32.1. The summed E-state index contributed by atoms with van der Waals surface area (Å²) >= 11 is 1.57. The minimum Gasteiger partial charge on any atom is -0.481 e. The zero-order valence-corrected chi connectivity index (χ0v) is 16.1. The number of pyridine rings is 1. The summed E-state index contributed by atoms with van der Waals surface area (Å²) in [7, 11) is 0. The maximum absolute atomic E-state index is 12.8. The molecule has 142 valence electrons. The number of carbonyl (C=O) groups excluding carboxylic acids is 1. The maximum atomic E-state index is 12.8. The Morgan fingerprint density at radius 1 is 1.33 bits per heavy atom. The van der Waals surface area contributed by atoms with Crippen LogP contribution in [0.15, 0.2) is 29.8 Å². The van der Waals surface area contributed by atoms with Gasteiger partial charge in [-0.3, -0.25) is 9.59 Å². The standard InChI is InChI=1S/C19H22N4O3S/c1-12(2)23-18-14(11-21-23)13(10-15(22-18)16-6-5-9-27-16)19(26)20-8-4-3-7-17(24)25/h5-6,9-12H,3-4,7-8H2,1-2H3,(H,20,26)(H,24,25). The number of carbonyl (C=O) groups is 2. The fourth-order valence-electron chi connectivity index (χ4n) is 2.83. The number of rotatable bonds is 8. The van der Waals surface area contributed by atoms with E-state index >= 15 is 0 Å². The van der Waals surface area contributed by atoms with E-state index in [1.807, 2.05) is 36.0 Å². The molecule has 0 spiro atoms.